The molecule has 5 heteroatoms. The molecule has 126 valence electrons. The quantitative estimate of drug-likeness (QED) is 0.785. The van der Waals surface area contributed by atoms with Crippen molar-refractivity contribution in [2.75, 3.05) is 0 Å². The number of carboxylic acids is 1. The number of dihydropyridines is 1. The fourth-order valence-electron chi connectivity index (χ4n) is 3.91. The Hall–Kier alpha value is -3.08. The summed E-state index contributed by atoms with van der Waals surface area (Å²) in [7, 11) is 0. The third kappa shape index (κ3) is 2.39. The highest BCUT2D eigenvalue weighted by Gasteiger charge is 2.39. The van der Waals surface area contributed by atoms with E-state index < -0.39 is 11.9 Å². The molecule has 0 spiro atoms. The van der Waals surface area contributed by atoms with E-state index in [0.29, 0.717) is 18.4 Å². The van der Waals surface area contributed by atoms with Crippen molar-refractivity contribution in [3.8, 4) is 0 Å². The molecule has 0 saturated carbocycles. The van der Waals surface area contributed by atoms with Crippen LogP contribution in [0.3, 0.4) is 0 Å². The maximum Gasteiger partial charge on any atom is 0.336 e. The summed E-state index contributed by atoms with van der Waals surface area (Å²) in [6.07, 6.45) is 1.90. The number of hydrogen-bond donors (Lipinski definition) is 3. The fourth-order valence-corrected chi connectivity index (χ4v) is 3.91. The molecule has 1 atom stereocenters. The van der Waals surface area contributed by atoms with Crippen LogP contribution in [-0.2, 0) is 9.59 Å². The smallest absolute Gasteiger partial charge is 0.336 e. The molecule has 4 N–H and O–H groups in total. The lowest BCUT2D eigenvalue weighted by atomic mass is 9.75. The van der Waals surface area contributed by atoms with Crippen molar-refractivity contribution in [1.29, 1.82) is 0 Å². The molecular weight excluding hydrogens is 316 g/mol. The lowest BCUT2D eigenvalue weighted by Crippen LogP contribution is -2.37. The molecule has 0 fully saturated rings. The number of Topliss-reactive ketones (excluding diaryl/α,β-unsaturated/α-hetero) is 1. The molecule has 0 saturated heterocycles. The summed E-state index contributed by atoms with van der Waals surface area (Å²) < 4.78 is 0. The molecule has 25 heavy (non-hydrogen) atoms. The average molecular weight is 334 g/mol. The number of nitrogens with two attached hydrogens (primary N) is 1. The van der Waals surface area contributed by atoms with E-state index >= 15 is 0 Å². The van der Waals surface area contributed by atoms with Gasteiger partial charge in [-0.15, -0.1) is 0 Å². The van der Waals surface area contributed by atoms with Gasteiger partial charge in [0.15, 0.2) is 5.78 Å². The van der Waals surface area contributed by atoms with Crippen LogP contribution in [0, 0.1) is 0 Å². The summed E-state index contributed by atoms with van der Waals surface area (Å²) in [5.41, 5.74) is 8.21. The van der Waals surface area contributed by atoms with Gasteiger partial charge in [0.05, 0.1) is 11.5 Å². The van der Waals surface area contributed by atoms with Gasteiger partial charge in [0.25, 0.3) is 0 Å². The van der Waals surface area contributed by atoms with Crippen LogP contribution in [0.15, 0.2) is 65.1 Å². The number of nitrogens with one attached hydrogen (secondary N) is 1. The van der Waals surface area contributed by atoms with E-state index in [1.807, 2.05) is 42.5 Å². The molecular formula is C20H18N2O3. The van der Waals surface area contributed by atoms with Crippen LogP contribution in [0.1, 0.15) is 30.7 Å². The normalized spacial score (nSPS) is 20.5. The lowest BCUT2D eigenvalue weighted by molar-refractivity contribution is -0.133. The fraction of sp³-hybridized carbons (Fsp3) is 0.200. The summed E-state index contributed by atoms with van der Waals surface area (Å²) in [6.45, 7) is 0. The van der Waals surface area contributed by atoms with Gasteiger partial charge in [0.2, 0.25) is 0 Å². The standard InChI is InChI=1S/C20H18N2O3/c21-19-18(20(24)25)16(17-14(22-19)9-4-10-15(17)23)13-8-3-6-11-5-1-2-7-12(11)13/h1-3,5-8,16,22H,4,9-10,21H2,(H,24,25). The van der Waals surface area contributed by atoms with Gasteiger partial charge in [0, 0.05) is 17.7 Å². The average Bonchev–Trinajstić information content (AvgIpc) is 2.60. The number of carbonyl (C=O) groups excluding carboxylic acids is 1. The molecule has 0 aromatic heterocycles. The largest absolute Gasteiger partial charge is 0.478 e. The van der Waals surface area contributed by atoms with Gasteiger partial charge in [-0.3, -0.25) is 4.79 Å². The van der Waals surface area contributed by atoms with E-state index in [1.54, 1.807) is 0 Å². The molecule has 0 bridgehead atoms. The monoisotopic (exact) mass is 334 g/mol. The number of benzene rings is 2. The minimum absolute atomic E-state index is 0.00191. The van der Waals surface area contributed by atoms with E-state index in [0.717, 1.165) is 28.5 Å². The first-order valence-corrected chi connectivity index (χ1v) is 8.32. The molecule has 1 unspecified atom stereocenters. The van der Waals surface area contributed by atoms with E-state index in [4.69, 9.17) is 5.73 Å². The molecule has 5 nitrogen and oxygen atoms in total. The van der Waals surface area contributed by atoms with Crippen LogP contribution in [-0.4, -0.2) is 16.9 Å². The van der Waals surface area contributed by atoms with Crippen molar-refractivity contribution < 1.29 is 14.7 Å². The molecule has 1 aliphatic carbocycles. The zero-order chi connectivity index (χ0) is 17.6. The first kappa shape index (κ1) is 15.4. The number of fused-ring (bicyclic) bond motifs is 1. The molecule has 1 aliphatic heterocycles. The second kappa shape index (κ2) is 5.77. The van der Waals surface area contributed by atoms with Crippen molar-refractivity contribution in [2.45, 2.75) is 25.2 Å². The van der Waals surface area contributed by atoms with E-state index in [1.165, 1.54) is 0 Å². The Bertz CT molecular complexity index is 967. The van der Waals surface area contributed by atoms with Crippen molar-refractivity contribution in [3.05, 3.63) is 70.7 Å². The predicted octanol–water partition coefficient (Wildman–Crippen LogP) is 2.79. The summed E-state index contributed by atoms with van der Waals surface area (Å²) in [5.74, 6) is -1.63. The van der Waals surface area contributed by atoms with Crippen molar-refractivity contribution in [1.82, 2.24) is 5.32 Å². The van der Waals surface area contributed by atoms with Crippen LogP contribution in [0.2, 0.25) is 0 Å². The van der Waals surface area contributed by atoms with Gasteiger partial charge in [-0.1, -0.05) is 42.5 Å². The number of ketones is 1. The summed E-state index contributed by atoms with van der Waals surface area (Å²) >= 11 is 0. The first-order chi connectivity index (χ1) is 12.1. The Kier molecular flexibility index (Phi) is 3.57. The summed E-state index contributed by atoms with van der Waals surface area (Å²) in [6, 6.07) is 13.5. The molecule has 1 heterocycles. The number of carbonyl (C=O) groups is 2. The zero-order valence-corrected chi connectivity index (χ0v) is 13.6. The topological polar surface area (TPSA) is 92.4 Å². The van der Waals surface area contributed by atoms with E-state index in [2.05, 4.69) is 5.32 Å². The summed E-state index contributed by atoms with van der Waals surface area (Å²) in [5, 5.41) is 14.7. The van der Waals surface area contributed by atoms with Crippen molar-refractivity contribution in [3.63, 3.8) is 0 Å². The van der Waals surface area contributed by atoms with Gasteiger partial charge in [0.1, 0.15) is 5.82 Å². The highest BCUT2D eigenvalue weighted by Crippen LogP contribution is 2.43. The van der Waals surface area contributed by atoms with Crippen LogP contribution >= 0.6 is 0 Å². The van der Waals surface area contributed by atoms with Gasteiger partial charge in [-0.25, -0.2) is 4.79 Å². The maximum absolute atomic E-state index is 12.7. The van der Waals surface area contributed by atoms with Crippen molar-refractivity contribution in [2.24, 2.45) is 5.73 Å². The van der Waals surface area contributed by atoms with Crippen LogP contribution in [0.5, 0.6) is 0 Å². The number of allylic oxidation sites excluding steroid dienone is 2. The van der Waals surface area contributed by atoms with Gasteiger partial charge in [-0.05, 0) is 29.2 Å². The highest BCUT2D eigenvalue weighted by atomic mass is 16.4. The molecule has 2 aromatic carbocycles. The maximum atomic E-state index is 12.7. The minimum atomic E-state index is -1.10. The second-order valence-electron chi connectivity index (χ2n) is 6.43. The Morgan fingerprint density at radius 3 is 2.68 bits per heavy atom. The Morgan fingerprint density at radius 2 is 1.88 bits per heavy atom. The highest BCUT2D eigenvalue weighted by molar-refractivity contribution is 6.04. The van der Waals surface area contributed by atoms with E-state index in [9.17, 15) is 14.7 Å². The lowest BCUT2D eigenvalue weighted by Gasteiger charge is -2.33. The summed E-state index contributed by atoms with van der Waals surface area (Å²) in [4.78, 5) is 24.6. The zero-order valence-electron chi connectivity index (χ0n) is 13.6. The number of carboxylic acid groups (broad SMARTS) is 1. The number of hydrogen-bond acceptors (Lipinski definition) is 4. The third-order valence-electron chi connectivity index (χ3n) is 4.97. The van der Waals surface area contributed by atoms with Crippen LogP contribution in [0.4, 0.5) is 0 Å². The van der Waals surface area contributed by atoms with Gasteiger partial charge < -0.3 is 16.2 Å². The van der Waals surface area contributed by atoms with Gasteiger partial charge >= 0.3 is 5.97 Å². The molecule has 0 radical (unpaired) electrons. The Labute approximate surface area is 144 Å². The molecule has 0 amide bonds. The predicted molar refractivity (Wildman–Crippen MR) is 94.6 cm³/mol. The molecule has 4 rings (SSSR count). The van der Waals surface area contributed by atoms with Gasteiger partial charge in [-0.2, -0.15) is 0 Å². The first-order valence-electron chi connectivity index (χ1n) is 8.32. The number of aliphatic carboxylic acids is 1. The SMILES string of the molecule is NC1=C(C(=O)O)C(c2cccc3ccccc23)C2=C(CCCC2=O)N1. The molecule has 2 aliphatic rings. The Balaban J connectivity index is 2.02. The molecule has 2 aromatic rings. The minimum Gasteiger partial charge on any atom is -0.478 e. The Morgan fingerprint density at radius 1 is 1.12 bits per heavy atom. The van der Waals surface area contributed by atoms with Crippen LogP contribution < -0.4 is 11.1 Å². The van der Waals surface area contributed by atoms with Crippen molar-refractivity contribution >= 4 is 22.5 Å². The second-order valence-corrected chi connectivity index (χ2v) is 6.43. The number of rotatable bonds is 2. The van der Waals surface area contributed by atoms with E-state index in [-0.39, 0.29) is 17.2 Å². The third-order valence-corrected chi connectivity index (χ3v) is 4.97. The van der Waals surface area contributed by atoms with Crippen LogP contribution in [0.25, 0.3) is 10.8 Å².